The molecule has 0 bridgehead atoms. The Morgan fingerprint density at radius 2 is 1.62 bits per heavy atom. The first-order valence-corrected chi connectivity index (χ1v) is 9.98. The summed E-state index contributed by atoms with van der Waals surface area (Å²) in [6.45, 7) is 2.87. The molecule has 0 aliphatic heterocycles. The van der Waals surface area contributed by atoms with Crippen LogP contribution < -0.4 is 14.2 Å². The molecule has 0 atom stereocenters. The average Bonchev–Trinajstić information content (AvgIpc) is 2.77. The number of methoxy groups -OCH3 is 2. The minimum absolute atomic E-state index is 0.709. The Labute approximate surface area is 171 Å². The van der Waals surface area contributed by atoms with Crippen LogP contribution in [0.3, 0.4) is 0 Å². The van der Waals surface area contributed by atoms with Crippen molar-refractivity contribution in [1.82, 2.24) is 0 Å². The molecule has 0 aromatic heterocycles. The second-order valence-electron chi connectivity index (χ2n) is 7.03. The number of rotatable bonds is 7. The van der Waals surface area contributed by atoms with Gasteiger partial charge in [-0.25, -0.2) is 0 Å². The molecule has 0 unspecified atom stereocenters. The van der Waals surface area contributed by atoms with Crippen molar-refractivity contribution in [1.29, 1.82) is 0 Å². The summed E-state index contributed by atoms with van der Waals surface area (Å²) in [6, 6.07) is 24.1. The highest BCUT2D eigenvalue weighted by atomic mass is 16.5. The maximum atomic E-state index is 6.04. The van der Waals surface area contributed by atoms with E-state index in [4.69, 9.17) is 14.2 Å². The lowest BCUT2D eigenvalue weighted by Crippen LogP contribution is -1.97. The number of ether oxygens (including phenoxy) is 3. The molecule has 0 saturated heterocycles. The van der Waals surface area contributed by atoms with Crippen molar-refractivity contribution in [2.45, 2.75) is 19.8 Å². The molecule has 3 nitrogen and oxygen atoms in total. The molecule has 0 aliphatic rings. The Balaban J connectivity index is 1.96. The SMILES string of the molecule is CCCCOc1cc(-c2[c]c3c(OC)cccc3cc2OC)c2ccccc2c1. The molecular formula is C26H25O3. The summed E-state index contributed by atoms with van der Waals surface area (Å²) in [7, 11) is 3.38. The van der Waals surface area contributed by atoms with Crippen LogP contribution >= 0.6 is 0 Å². The quantitative estimate of drug-likeness (QED) is 0.333. The molecule has 1 radical (unpaired) electrons. The van der Waals surface area contributed by atoms with Crippen molar-refractivity contribution < 1.29 is 14.2 Å². The maximum absolute atomic E-state index is 6.04. The summed E-state index contributed by atoms with van der Waals surface area (Å²) in [6.07, 6.45) is 2.14. The highest BCUT2D eigenvalue weighted by Gasteiger charge is 2.15. The summed E-state index contributed by atoms with van der Waals surface area (Å²) in [4.78, 5) is 0. The molecule has 0 N–H and O–H groups in total. The fraction of sp³-hybridized carbons (Fsp3) is 0.231. The molecule has 0 amide bonds. The van der Waals surface area contributed by atoms with Crippen molar-refractivity contribution in [2.75, 3.05) is 20.8 Å². The number of benzene rings is 4. The van der Waals surface area contributed by atoms with Crippen molar-refractivity contribution >= 4 is 21.5 Å². The fourth-order valence-corrected chi connectivity index (χ4v) is 3.64. The highest BCUT2D eigenvalue weighted by molar-refractivity contribution is 6.02. The van der Waals surface area contributed by atoms with Crippen molar-refractivity contribution in [3.8, 4) is 28.4 Å². The molecule has 0 aliphatic carbocycles. The van der Waals surface area contributed by atoms with Crippen molar-refractivity contribution in [3.05, 3.63) is 66.7 Å². The van der Waals surface area contributed by atoms with E-state index in [2.05, 4.69) is 43.3 Å². The topological polar surface area (TPSA) is 27.7 Å². The number of hydrogen-bond acceptors (Lipinski definition) is 3. The van der Waals surface area contributed by atoms with Gasteiger partial charge < -0.3 is 14.2 Å². The van der Waals surface area contributed by atoms with Gasteiger partial charge in [0.05, 0.1) is 20.8 Å². The third kappa shape index (κ3) is 3.73. The third-order valence-corrected chi connectivity index (χ3v) is 5.15. The van der Waals surface area contributed by atoms with Gasteiger partial charge in [0.1, 0.15) is 17.2 Å². The zero-order valence-corrected chi connectivity index (χ0v) is 17.1. The smallest absolute Gasteiger partial charge is 0.127 e. The van der Waals surface area contributed by atoms with E-state index < -0.39 is 0 Å². The largest absolute Gasteiger partial charge is 0.496 e. The van der Waals surface area contributed by atoms with Gasteiger partial charge in [-0.15, -0.1) is 0 Å². The standard InChI is InChI=1S/C26H25O3/c1-4-5-13-29-20-14-18-9-6-7-11-21(18)23(16-20)24-17-22-19(15-26(24)28-3)10-8-12-25(22)27-2/h6-12,14-16H,4-5,13H2,1-3H3. The number of unbranched alkanes of at least 4 members (excludes halogenated alkanes) is 1. The Kier molecular flexibility index (Phi) is 5.57. The lowest BCUT2D eigenvalue weighted by Gasteiger charge is -2.16. The van der Waals surface area contributed by atoms with Gasteiger partial charge in [-0.05, 0) is 52.4 Å². The maximum Gasteiger partial charge on any atom is 0.127 e. The van der Waals surface area contributed by atoms with Gasteiger partial charge in [0.25, 0.3) is 0 Å². The molecule has 4 aromatic rings. The van der Waals surface area contributed by atoms with Crippen LogP contribution in [0.25, 0.3) is 32.7 Å². The van der Waals surface area contributed by atoms with Crippen molar-refractivity contribution in [3.63, 3.8) is 0 Å². The van der Waals surface area contributed by atoms with E-state index in [9.17, 15) is 0 Å². The highest BCUT2D eigenvalue weighted by Crippen LogP contribution is 2.41. The lowest BCUT2D eigenvalue weighted by molar-refractivity contribution is 0.310. The second kappa shape index (κ2) is 8.44. The summed E-state index contributed by atoms with van der Waals surface area (Å²) in [5.41, 5.74) is 1.95. The van der Waals surface area contributed by atoms with Crippen LogP contribution in [0.5, 0.6) is 17.2 Å². The zero-order chi connectivity index (χ0) is 20.2. The van der Waals surface area contributed by atoms with E-state index in [1.54, 1.807) is 14.2 Å². The minimum Gasteiger partial charge on any atom is -0.496 e. The molecular weight excluding hydrogens is 360 g/mol. The van der Waals surface area contributed by atoms with Gasteiger partial charge in [-0.3, -0.25) is 0 Å². The number of hydrogen-bond donors (Lipinski definition) is 0. The van der Waals surface area contributed by atoms with Gasteiger partial charge in [0, 0.05) is 17.0 Å². The second-order valence-corrected chi connectivity index (χ2v) is 7.03. The molecule has 147 valence electrons. The first kappa shape index (κ1) is 19.1. The fourth-order valence-electron chi connectivity index (χ4n) is 3.64. The van der Waals surface area contributed by atoms with E-state index in [1.807, 2.05) is 30.3 Å². The summed E-state index contributed by atoms with van der Waals surface area (Å²) >= 11 is 0. The monoisotopic (exact) mass is 385 g/mol. The van der Waals surface area contributed by atoms with Gasteiger partial charge in [-0.2, -0.15) is 0 Å². The van der Waals surface area contributed by atoms with E-state index in [0.29, 0.717) is 6.61 Å². The van der Waals surface area contributed by atoms with Gasteiger partial charge in [-0.1, -0.05) is 49.7 Å². The average molecular weight is 385 g/mol. The van der Waals surface area contributed by atoms with Gasteiger partial charge in [0.2, 0.25) is 0 Å². The van der Waals surface area contributed by atoms with E-state index >= 15 is 0 Å². The molecule has 0 spiro atoms. The Bertz CT molecular complexity index is 1150. The van der Waals surface area contributed by atoms with Crippen LogP contribution in [0.4, 0.5) is 0 Å². The first-order chi connectivity index (χ1) is 14.2. The third-order valence-electron chi connectivity index (χ3n) is 5.15. The molecule has 0 saturated carbocycles. The number of fused-ring (bicyclic) bond motifs is 2. The van der Waals surface area contributed by atoms with Gasteiger partial charge >= 0.3 is 0 Å². The Morgan fingerprint density at radius 3 is 2.41 bits per heavy atom. The van der Waals surface area contributed by atoms with Crippen LogP contribution in [0.1, 0.15) is 19.8 Å². The molecule has 29 heavy (non-hydrogen) atoms. The molecule has 4 rings (SSSR count). The van der Waals surface area contributed by atoms with Gasteiger partial charge in [0.15, 0.2) is 0 Å². The first-order valence-electron chi connectivity index (χ1n) is 9.98. The van der Waals surface area contributed by atoms with E-state index in [-0.39, 0.29) is 0 Å². The summed E-state index contributed by atoms with van der Waals surface area (Å²) in [5, 5.41) is 4.24. The summed E-state index contributed by atoms with van der Waals surface area (Å²) in [5.74, 6) is 2.44. The zero-order valence-electron chi connectivity index (χ0n) is 17.1. The Hall–Kier alpha value is -3.20. The molecule has 3 heteroatoms. The molecule has 0 fully saturated rings. The van der Waals surface area contributed by atoms with E-state index in [1.165, 1.54) is 0 Å². The van der Waals surface area contributed by atoms with Crippen molar-refractivity contribution in [2.24, 2.45) is 0 Å². The van der Waals surface area contributed by atoms with Crippen LogP contribution in [0.2, 0.25) is 0 Å². The van der Waals surface area contributed by atoms with E-state index in [0.717, 1.165) is 62.8 Å². The molecule has 4 aromatic carbocycles. The predicted octanol–water partition coefficient (Wildman–Crippen LogP) is 6.66. The van der Waals surface area contributed by atoms with Crippen LogP contribution in [0, 0.1) is 6.07 Å². The van der Waals surface area contributed by atoms with Crippen LogP contribution in [0.15, 0.2) is 60.7 Å². The predicted molar refractivity (Wildman–Crippen MR) is 119 cm³/mol. The summed E-state index contributed by atoms with van der Waals surface area (Å²) < 4.78 is 17.4. The van der Waals surface area contributed by atoms with Crippen LogP contribution in [-0.4, -0.2) is 20.8 Å². The Morgan fingerprint density at radius 1 is 0.828 bits per heavy atom. The normalized spacial score (nSPS) is 11.0. The lowest BCUT2D eigenvalue weighted by atomic mass is 9.94. The minimum atomic E-state index is 0.709. The molecule has 0 heterocycles. The van der Waals surface area contributed by atoms with Crippen LogP contribution in [-0.2, 0) is 0 Å².